The minimum atomic E-state index is 0.359. The van der Waals surface area contributed by atoms with Gasteiger partial charge < -0.3 is 10.2 Å². The lowest BCUT2D eigenvalue weighted by atomic mass is 10.1. The highest BCUT2D eigenvalue weighted by atomic mass is 35.5. The van der Waals surface area contributed by atoms with Crippen molar-refractivity contribution < 1.29 is 0 Å². The van der Waals surface area contributed by atoms with E-state index in [1.165, 1.54) is 24.1 Å². The average Bonchev–Trinajstić information content (AvgIpc) is 3.17. The lowest BCUT2D eigenvalue weighted by molar-refractivity contribution is 0.598. The van der Waals surface area contributed by atoms with Gasteiger partial charge in [0, 0.05) is 18.6 Å². The summed E-state index contributed by atoms with van der Waals surface area (Å²) >= 11 is 6.45. The van der Waals surface area contributed by atoms with Gasteiger partial charge in [0.05, 0.1) is 10.7 Å². The van der Waals surface area contributed by atoms with Crippen molar-refractivity contribution in [2.75, 3.05) is 18.0 Å². The Morgan fingerprint density at radius 1 is 1.39 bits per heavy atom. The molecule has 1 aliphatic rings. The van der Waals surface area contributed by atoms with Crippen LogP contribution in [0.25, 0.3) is 0 Å². The summed E-state index contributed by atoms with van der Waals surface area (Å²) < 4.78 is 0. The maximum Gasteiger partial charge on any atom is 0.0642 e. The van der Waals surface area contributed by atoms with E-state index in [0.717, 1.165) is 18.1 Å². The van der Waals surface area contributed by atoms with E-state index in [1.54, 1.807) is 0 Å². The van der Waals surface area contributed by atoms with E-state index in [-0.39, 0.29) is 0 Å². The van der Waals surface area contributed by atoms with E-state index in [9.17, 15) is 0 Å². The maximum absolute atomic E-state index is 6.45. The Bertz CT molecular complexity index is 401. The molecule has 0 saturated heterocycles. The first-order chi connectivity index (χ1) is 8.67. The summed E-state index contributed by atoms with van der Waals surface area (Å²) in [4.78, 5) is 2.42. The van der Waals surface area contributed by atoms with E-state index < -0.39 is 0 Å². The predicted molar refractivity (Wildman–Crippen MR) is 79.6 cm³/mol. The fourth-order valence-electron chi connectivity index (χ4n) is 2.46. The van der Waals surface area contributed by atoms with Crippen LogP contribution in [0.1, 0.15) is 45.2 Å². The third-order valence-electron chi connectivity index (χ3n) is 3.62. The van der Waals surface area contributed by atoms with Crippen molar-refractivity contribution in [3.8, 4) is 0 Å². The van der Waals surface area contributed by atoms with Crippen LogP contribution in [0.5, 0.6) is 0 Å². The molecule has 3 heteroatoms. The molecule has 1 fully saturated rings. The zero-order valence-corrected chi connectivity index (χ0v) is 12.3. The predicted octanol–water partition coefficient (Wildman–Crippen LogP) is 4.00. The molecule has 1 aromatic carbocycles. The number of halogens is 1. The van der Waals surface area contributed by atoms with Gasteiger partial charge >= 0.3 is 0 Å². The standard InChI is InChI=1S/C15H23ClN2/c1-4-17-11(3)12-6-9-15(14(16)10-12)18(5-2)13-7-8-13/h6,9-11,13,17H,4-5,7-8H2,1-3H3. The van der Waals surface area contributed by atoms with Gasteiger partial charge in [-0.15, -0.1) is 0 Å². The molecule has 0 aliphatic heterocycles. The van der Waals surface area contributed by atoms with Crippen LogP contribution in [0, 0.1) is 0 Å². The number of anilines is 1. The first-order valence-corrected chi connectivity index (χ1v) is 7.34. The summed E-state index contributed by atoms with van der Waals surface area (Å²) in [6.07, 6.45) is 2.61. The van der Waals surface area contributed by atoms with E-state index in [2.05, 4.69) is 49.2 Å². The zero-order chi connectivity index (χ0) is 13.1. The molecule has 1 saturated carbocycles. The molecular formula is C15H23ClN2. The Morgan fingerprint density at radius 3 is 2.61 bits per heavy atom. The van der Waals surface area contributed by atoms with Crippen molar-refractivity contribution in [1.82, 2.24) is 5.32 Å². The average molecular weight is 267 g/mol. The summed E-state index contributed by atoms with van der Waals surface area (Å²) in [5.41, 5.74) is 2.45. The number of nitrogens with zero attached hydrogens (tertiary/aromatic N) is 1. The lowest BCUT2D eigenvalue weighted by Crippen LogP contribution is -2.25. The van der Waals surface area contributed by atoms with Crippen molar-refractivity contribution in [3.63, 3.8) is 0 Å². The van der Waals surface area contributed by atoms with E-state index >= 15 is 0 Å². The molecule has 2 rings (SSSR count). The van der Waals surface area contributed by atoms with Gasteiger partial charge in [-0.05, 0) is 50.9 Å². The van der Waals surface area contributed by atoms with Crippen LogP contribution < -0.4 is 10.2 Å². The van der Waals surface area contributed by atoms with Crippen LogP contribution in [-0.4, -0.2) is 19.1 Å². The molecule has 0 spiro atoms. The third kappa shape index (κ3) is 2.99. The number of hydrogen-bond acceptors (Lipinski definition) is 2. The third-order valence-corrected chi connectivity index (χ3v) is 3.92. The highest BCUT2D eigenvalue weighted by molar-refractivity contribution is 6.33. The summed E-state index contributed by atoms with van der Waals surface area (Å²) in [5, 5.41) is 4.30. The summed E-state index contributed by atoms with van der Waals surface area (Å²) in [6.45, 7) is 8.51. The molecule has 1 aliphatic carbocycles. The smallest absolute Gasteiger partial charge is 0.0642 e. The van der Waals surface area contributed by atoms with Crippen LogP contribution in [0.2, 0.25) is 5.02 Å². The normalized spacial score (nSPS) is 16.7. The molecule has 0 aromatic heterocycles. The lowest BCUT2D eigenvalue weighted by Gasteiger charge is -2.25. The van der Waals surface area contributed by atoms with E-state index in [1.807, 2.05) is 0 Å². The summed E-state index contributed by atoms with van der Waals surface area (Å²) in [5.74, 6) is 0. The van der Waals surface area contributed by atoms with Crippen LogP contribution in [0.15, 0.2) is 18.2 Å². The van der Waals surface area contributed by atoms with Crippen molar-refractivity contribution >= 4 is 17.3 Å². The maximum atomic E-state index is 6.45. The molecule has 0 radical (unpaired) electrons. The second-order valence-electron chi connectivity index (χ2n) is 5.01. The first kappa shape index (κ1) is 13.7. The van der Waals surface area contributed by atoms with Gasteiger partial charge in [-0.1, -0.05) is 24.6 Å². The monoisotopic (exact) mass is 266 g/mol. The van der Waals surface area contributed by atoms with Crippen molar-refractivity contribution in [1.29, 1.82) is 0 Å². The van der Waals surface area contributed by atoms with E-state index in [0.29, 0.717) is 12.1 Å². The number of hydrogen-bond donors (Lipinski definition) is 1. The van der Waals surface area contributed by atoms with Gasteiger partial charge in [0.15, 0.2) is 0 Å². The van der Waals surface area contributed by atoms with Gasteiger partial charge in [-0.3, -0.25) is 0 Å². The van der Waals surface area contributed by atoms with Crippen LogP contribution >= 0.6 is 11.6 Å². The molecule has 0 amide bonds. The Kier molecular flexibility index (Phi) is 4.52. The SMILES string of the molecule is CCNC(C)c1ccc(N(CC)C2CC2)c(Cl)c1. The second kappa shape index (κ2) is 5.94. The Hall–Kier alpha value is -0.730. The molecule has 0 heterocycles. The molecule has 0 bridgehead atoms. The fraction of sp³-hybridized carbons (Fsp3) is 0.600. The topological polar surface area (TPSA) is 15.3 Å². The van der Waals surface area contributed by atoms with Crippen molar-refractivity contribution in [2.45, 2.75) is 45.7 Å². The zero-order valence-electron chi connectivity index (χ0n) is 11.5. The fourth-order valence-corrected chi connectivity index (χ4v) is 2.76. The minimum Gasteiger partial charge on any atom is -0.368 e. The van der Waals surface area contributed by atoms with Crippen LogP contribution in [0.3, 0.4) is 0 Å². The minimum absolute atomic E-state index is 0.359. The molecule has 18 heavy (non-hydrogen) atoms. The van der Waals surface area contributed by atoms with Crippen molar-refractivity contribution in [3.05, 3.63) is 28.8 Å². The van der Waals surface area contributed by atoms with Gasteiger partial charge in [0.2, 0.25) is 0 Å². The molecule has 2 nitrogen and oxygen atoms in total. The molecule has 1 atom stereocenters. The molecule has 100 valence electrons. The van der Waals surface area contributed by atoms with Gasteiger partial charge in [0.1, 0.15) is 0 Å². The highest BCUT2D eigenvalue weighted by Crippen LogP contribution is 2.36. The Labute approximate surface area is 115 Å². The van der Waals surface area contributed by atoms with Gasteiger partial charge in [-0.2, -0.15) is 0 Å². The van der Waals surface area contributed by atoms with Crippen LogP contribution in [0.4, 0.5) is 5.69 Å². The second-order valence-corrected chi connectivity index (χ2v) is 5.41. The Balaban J connectivity index is 2.18. The van der Waals surface area contributed by atoms with Gasteiger partial charge in [-0.25, -0.2) is 0 Å². The number of nitrogens with one attached hydrogen (secondary N) is 1. The number of benzene rings is 1. The Morgan fingerprint density at radius 2 is 2.11 bits per heavy atom. The molecular weight excluding hydrogens is 244 g/mol. The summed E-state index contributed by atoms with van der Waals surface area (Å²) in [7, 11) is 0. The summed E-state index contributed by atoms with van der Waals surface area (Å²) in [6, 6.07) is 7.55. The largest absolute Gasteiger partial charge is 0.368 e. The van der Waals surface area contributed by atoms with Gasteiger partial charge in [0.25, 0.3) is 0 Å². The number of rotatable bonds is 6. The molecule has 1 unspecified atom stereocenters. The van der Waals surface area contributed by atoms with Crippen molar-refractivity contribution in [2.24, 2.45) is 0 Å². The molecule has 1 aromatic rings. The van der Waals surface area contributed by atoms with Crippen LogP contribution in [-0.2, 0) is 0 Å². The first-order valence-electron chi connectivity index (χ1n) is 6.96. The van der Waals surface area contributed by atoms with E-state index in [4.69, 9.17) is 11.6 Å². The highest BCUT2D eigenvalue weighted by Gasteiger charge is 2.29. The molecule has 1 N–H and O–H groups in total. The quantitative estimate of drug-likeness (QED) is 0.837.